The average Bonchev–Trinajstić information content (AvgIpc) is 3.36. The molecule has 0 amide bonds. The summed E-state index contributed by atoms with van der Waals surface area (Å²) in [4.78, 5) is 31.5. The molecule has 3 aromatic heterocycles. The van der Waals surface area contributed by atoms with Crippen LogP contribution in [0, 0.1) is 6.92 Å². The molecule has 4 aromatic rings. The molecule has 1 saturated heterocycles. The van der Waals surface area contributed by atoms with Crippen molar-refractivity contribution in [2.75, 3.05) is 25.1 Å². The van der Waals surface area contributed by atoms with Gasteiger partial charge in [-0.1, -0.05) is 23.7 Å². The number of hydrogen-bond acceptors (Lipinski definition) is 8. The Bertz CT molecular complexity index is 1430. The normalized spacial score (nSPS) is 15.6. The maximum Gasteiger partial charge on any atom is 0.260 e. The standard InChI is InChI=1S/C25H26ClN7O2/c1-15-11-28-13-22(30-15)16-3-4-19(21(26)10-16)20-9-17-12-29-25(31-18-5-8-35-14-18)32-23(17)33(24(20)34)7-2-6-27/h3-4,9-13,18H,2,5-8,14,27H2,1H3,(H,29,31,32). The van der Waals surface area contributed by atoms with Crippen molar-refractivity contribution in [3.8, 4) is 22.4 Å². The largest absolute Gasteiger partial charge is 0.379 e. The number of ether oxygens (including phenoxy) is 1. The number of halogens is 1. The smallest absolute Gasteiger partial charge is 0.260 e. The Hall–Kier alpha value is -3.40. The highest BCUT2D eigenvalue weighted by atomic mass is 35.5. The zero-order chi connectivity index (χ0) is 24.4. The van der Waals surface area contributed by atoms with Crippen LogP contribution in [0.2, 0.25) is 5.02 Å². The molecular formula is C25H26ClN7O2. The second-order valence-electron chi connectivity index (χ2n) is 8.57. The van der Waals surface area contributed by atoms with Gasteiger partial charge in [-0.2, -0.15) is 4.98 Å². The van der Waals surface area contributed by atoms with E-state index in [4.69, 9.17) is 22.1 Å². The summed E-state index contributed by atoms with van der Waals surface area (Å²) >= 11 is 6.68. The number of benzene rings is 1. The highest BCUT2D eigenvalue weighted by Crippen LogP contribution is 2.31. The highest BCUT2D eigenvalue weighted by Gasteiger charge is 2.19. The maximum absolute atomic E-state index is 13.6. The highest BCUT2D eigenvalue weighted by molar-refractivity contribution is 6.33. The van der Waals surface area contributed by atoms with Gasteiger partial charge in [0.15, 0.2) is 0 Å². The number of anilines is 1. The monoisotopic (exact) mass is 491 g/mol. The van der Waals surface area contributed by atoms with Crippen molar-refractivity contribution in [2.24, 2.45) is 5.73 Å². The third-order valence-electron chi connectivity index (χ3n) is 5.99. The first-order valence-corrected chi connectivity index (χ1v) is 11.9. The first-order valence-electron chi connectivity index (χ1n) is 11.6. The molecule has 180 valence electrons. The molecule has 1 aromatic carbocycles. The van der Waals surface area contributed by atoms with E-state index in [9.17, 15) is 4.79 Å². The van der Waals surface area contributed by atoms with Gasteiger partial charge in [0.1, 0.15) is 5.65 Å². The summed E-state index contributed by atoms with van der Waals surface area (Å²) in [7, 11) is 0. The summed E-state index contributed by atoms with van der Waals surface area (Å²) in [6.45, 7) is 4.11. The van der Waals surface area contributed by atoms with E-state index in [-0.39, 0.29) is 11.6 Å². The lowest BCUT2D eigenvalue weighted by molar-refractivity contribution is 0.195. The number of hydrogen-bond donors (Lipinski definition) is 2. The van der Waals surface area contributed by atoms with Crippen LogP contribution >= 0.6 is 11.6 Å². The predicted octanol–water partition coefficient (Wildman–Crippen LogP) is 3.43. The summed E-state index contributed by atoms with van der Waals surface area (Å²) in [6, 6.07) is 7.50. The van der Waals surface area contributed by atoms with Crippen molar-refractivity contribution in [1.82, 2.24) is 24.5 Å². The van der Waals surface area contributed by atoms with Gasteiger partial charge in [-0.25, -0.2) is 9.97 Å². The predicted molar refractivity (Wildman–Crippen MR) is 137 cm³/mol. The molecule has 1 aliphatic heterocycles. The zero-order valence-corrected chi connectivity index (χ0v) is 20.1. The Balaban J connectivity index is 1.58. The number of nitrogens with one attached hydrogen (secondary N) is 1. The molecule has 0 spiro atoms. The summed E-state index contributed by atoms with van der Waals surface area (Å²) < 4.78 is 7.08. The third-order valence-corrected chi connectivity index (χ3v) is 6.30. The lowest BCUT2D eigenvalue weighted by Gasteiger charge is -2.15. The first kappa shape index (κ1) is 23.3. The minimum atomic E-state index is -0.176. The van der Waals surface area contributed by atoms with E-state index in [0.29, 0.717) is 60.5 Å². The summed E-state index contributed by atoms with van der Waals surface area (Å²) in [5, 5.41) is 4.49. The van der Waals surface area contributed by atoms with E-state index in [1.807, 2.05) is 19.1 Å². The zero-order valence-electron chi connectivity index (χ0n) is 19.4. The molecule has 4 heterocycles. The van der Waals surface area contributed by atoms with E-state index in [1.165, 1.54) is 0 Å². The van der Waals surface area contributed by atoms with Crippen LogP contribution in [0.3, 0.4) is 0 Å². The van der Waals surface area contributed by atoms with E-state index >= 15 is 0 Å². The van der Waals surface area contributed by atoms with Gasteiger partial charge in [-0.3, -0.25) is 14.3 Å². The van der Waals surface area contributed by atoms with Crippen LogP contribution in [0.4, 0.5) is 5.95 Å². The number of fused-ring (bicyclic) bond motifs is 1. The molecule has 0 radical (unpaired) electrons. The third kappa shape index (κ3) is 4.88. The van der Waals surface area contributed by atoms with E-state index in [2.05, 4.69) is 25.3 Å². The van der Waals surface area contributed by atoms with Crippen molar-refractivity contribution in [3.63, 3.8) is 0 Å². The van der Waals surface area contributed by atoms with Crippen molar-refractivity contribution >= 4 is 28.6 Å². The van der Waals surface area contributed by atoms with Crippen LogP contribution in [-0.2, 0) is 11.3 Å². The molecule has 10 heteroatoms. The van der Waals surface area contributed by atoms with Crippen molar-refractivity contribution < 1.29 is 4.74 Å². The SMILES string of the molecule is Cc1cncc(-c2ccc(-c3cc4cnc(NC5CCOC5)nc4n(CCCN)c3=O)c(Cl)c2)n1. The Kier molecular flexibility index (Phi) is 6.72. The number of nitrogens with two attached hydrogens (primary N) is 1. The lowest BCUT2D eigenvalue weighted by atomic mass is 10.0. The van der Waals surface area contributed by atoms with Gasteiger partial charge >= 0.3 is 0 Å². The van der Waals surface area contributed by atoms with Crippen molar-refractivity contribution in [2.45, 2.75) is 32.4 Å². The Morgan fingerprint density at radius 3 is 2.83 bits per heavy atom. The van der Waals surface area contributed by atoms with Gasteiger partial charge in [0, 0.05) is 52.6 Å². The summed E-state index contributed by atoms with van der Waals surface area (Å²) in [5.41, 5.74) is 9.62. The molecule has 9 nitrogen and oxygen atoms in total. The van der Waals surface area contributed by atoms with Crippen LogP contribution in [0.15, 0.2) is 47.7 Å². The lowest BCUT2D eigenvalue weighted by Crippen LogP contribution is -2.25. The number of rotatable bonds is 7. The van der Waals surface area contributed by atoms with Gasteiger partial charge < -0.3 is 15.8 Å². The van der Waals surface area contributed by atoms with Crippen LogP contribution in [-0.4, -0.2) is 50.3 Å². The van der Waals surface area contributed by atoms with Crippen LogP contribution in [0.25, 0.3) is 33.4 Å². The maximum atomic E-state index is 13.6. The van der Waals surface area contributed by atoms with Gasteiger partial charge in [-0.15, -0.1) is 0 Å². The minimum absolute atomic E-state index is 0.159. The van der Waals surface area contributed by atoms with Crippen molar-refractivity contribution in [1.29, 1.82) is 0 Å². The van der Waals surface area contributed by atoms with E-state index in [1.54, 1.807) is 35.3 Å². The quantitative estimate of drug-likeness (QED) is 0.403. The topological polar surface area (TPSA) is 121 Å². The Labute approximate surface area is 207 Å². The molecule has 3 N–H and O–H groups in total. The molecule has 1 aliphatic rings. The fourth-order valence-corrected chi connectivity index (χ4v) is 4.49. The molecule has 1 atom stereocenters. The molecule has 0 saturated carbocycles. The van der Waals surface area contributed by atoms with Crippen LogP contribution < -0.4 is 16.6 Å². The molecule has 0 aliphatic carbocycles. The Morgan fingerprint density at radius 1 is 1.20 bits per heavy atom. The van der Waals surface area contributed by atoms with Gasteiger partial charge in [0.05, 0.1) is 30.2 Å². The van der Waals surface area contributed by atoms with Crippen molar-refractivity contribution in [3.05, 3.63) is 63.9 Å². The van der Waals surface area contributed by atoms with Crippen LogP contribution in [0.1, 0.15) is 18.5 Å². The average molecular weight is 492 g/mol. The molecule has 0 bridgehead atoms. The first-order chi connectivity index (χ1) is 17.0. The number of aromatic nitrogens is 5. The minimum Gasteiger partial charge on any atom is -0.379 e. The molecular weight excluding hydrogens is 466 g/mol. The second kappa shape index (κ2) is 10.1. The summed E-state index contributed by atoms with van der Waals surface area (Å²) in [6.07, 6.45) is 6.65. The molecule has 5 rings (SSSR count). The van der Waals surface area contributed by atoms with E-state index < -0.39 is 0 Å². The second-order valence-corrected chi connectivity index (χ2v) is 8.98. The van der Waals surface area contributed by atoms with Gasteiger partial charge in [-0.05, 0) is 38.4 Å². The molecule has 35 heavy (non-hydrogen) atoms. The number of aryl methyl sites for hydroxylation is 2. The van der Waals surface area contributed by atoms with Gasteiger partial charge in [0.25, 0.3) is 5.56 Å². The molecule has 1 fully saturated rings. The number of nitrogens with zero attached hydrogens (tertiary/aromatic N) is 5. The fourth-order valence-electron chi connectivity index (χ4n) is 4.20. The van der Waals surface area contributed by atoms with Gasteiger partial charge in [0.2, 0.25) is 5.95 Å². The van der Waals surface area contributed by atoms with E-state index in [0.717, 1.165) is 28.8 Å². The summed E-state index contributed by atoms with van der Waals surface area (Å²) in [5.74, 6) is 0.475. The van der Waals surface area contributed by atoms with Crippen LogP contribution in [0.5, 0.6) is 0 Å². The Morgan fingerprint density at radius 2 is 2.09 bits per heavy atom. The fraction of sp³-hybridized carbons (Fsp3) is 0.320. The number of pyridine rings is 1. The molecule has 1 unspecified atom stereocenters.